The van der Waals surface area contributed by atoms with Crippen molar-refractivity contribution in [2.75, 3.05) is 19.7 Å². The van der Waals surface area contributed by atoms with Gasteiger partial charge in [-0.3, -0.25) is 4.79 Å². The number of carbonyl (C=O) groups is 1. The Balaban J connectivity index is 2.28. The van der Waals surface area contributed by atoms with Crippen molar-refractivity contribution in [2.45, 2.75) is 25.8 Å². The highest BCUT2D eigenvalue weighted by Gasteiger charge is 2.23. The molecule has 0 saturated carbocycles. The molecule has 1 heterocycles. The fourth-order valence-electron chi connectivity index (χ4n) is 1.69. The van der Waals surface area contributed by atoms with E-state index in [4.69, 9.17) is 5.11 Å². The first kappa shape index (κ1) is 10.5. The van der Waals surface area contributed by atoms with Gasteiger partial charge in [0.05, 0.1) is 6.61 Å². The lowest BCUT2D eigenvalue weighted by Crippen LogP contribution is -2.42. The summed E-state index contributed by atoms with van der Waals surface area (Å²) in [6.45, 7) is 3.40. The second-order valence-electron chi connectivity index (χ2n) is 3.59. The van der Waals surface area contributed by atoms with Crippen molar-refractivity contribution >= 4 is 5.91 Å². The molecule has 4 heteroatoms. The van der Waals surface area contributed by atoms with Crippen LogP contribution < -0.4 is 10.6 Å². The van der Waals surface area contributed by atoms with Crippen molar-refractivity contribution in [1.82, 2.24) is 10.6 Å². The summed E-state index contributed by atoms with van der Waals surface area (Å²) in [7, 11) is 0. The molecule has 1 amide bonds. The normalized spacial score (nSPS) is 28.5. The molecular weight excluding hydrogens is 168 g/mol. The number of aliphatic hydroxyl groups is 1. The first-order chi connectivity index (χ1) is 6.24. The summed E-state index contributed by atoms with van der Waals surface area (Å²) in [5.41, 5.74) is 0. The van der Waals surface area contributed by atoms with E-state index >= 15 is 0 Å². The maximum Gasteiger partial charge on any atom is 0.223 e. The Morgan fingerprint density at radius 3 is 3.08 bits per heavy atom. The average molecular weight is 186 g/mol. The van der Waals surface area contributed by atoms with Gasteiger partial charge in [-0.15, -0.1) is 0 Å². The molecule has 0 spiro atoms. The molecule has 13 heavy (non-hydrogen) atoms. The van der Waals surface area contributed by atoms with E-state index in [9.17, 15) is 4.79 Å². The summed E-state index contributed by atoms with van der Waals surface area (Å²) in [6.07, 6.45) is 1.80. The Morgan fingerprint density at radius 2 is 2.46 bits per heavy atom. The van der Waals surface area contributed by atoms with Crippen LogP contribution in [0.1, 0.15) is 19.8 Å². The Bertz CT molecular complexity index is 173. The Morgan fingerprint density at radius 1 is 1.69 bits per heavy atom. The monoisotopic (exact) mass is 186 g/mol. The van der Waals surface area contributed by atoms with Crippen molar-refractivity contribution in [3.63, 3.8) is 0 Å². The maximum absolute atomic E-state index is 11.5. The quantitative estimate of drug-likeness (QED) is 0.556. The number of hydrogen-bond acceptors (Lipinski definition) is 3. The first-order valence-electron chi connectivity index (χ1n) is 4.86. The second-order valence-corrected chi connectivity index (χ2v) is 3.59. The van der Waals surface area contributed by atoms with Gasteiger partial charge in [-0.25, -0.2) is 0 Å². The van der Waals surface area contributed by atoms with Crippen LogP contribution in [0.3, 0.4) is 0 Å². The van der Waals surface area contributed by atoms with Gasteiger partial charge in [0.1, 0.15) is 0 Å². The lowest BCUT2D eigenvalue weighted by molar-refractivity contribution is -0.126. The van der Waals surface area contributed by atoms with Gasteiger partial charge in [0.15, 0.2) is 0 Å². The summed E-state index contributed by atoms with van der Waals surface area (Å²) < 4.78 is 0. The molecule has 0 aromatic rings. The maximum atomic E-state index is 11.5. The summed E-state index contributed by atoms with van der Waals surface area (Å²) >= 11 is 0. The molecular formula is C9H18N2O2. The zero-order valence-electron chi connectivity index (χ0n) is 8.05. The van der Waals surface area contributed by atoms with E-state index in [0.29, 0.717) is 12.6 Å². The van der Waals surface area contributed by atoms with E-state index in [-0.39, 0.29) is 18.4 Å². The Hall–Kier alpha value is -0.610. The van der Waals surface area contributed by atoms with Crippen LogP contribution in [0.15, 0.2) is 0 Å². The topological polar surface area (TPSA) is 61.4 Å². The number of aliphatic hydroxyl groups excluding tert-OH is 1. The summed E-state index contributed by atoms with van der Waals surface area (Å²) in [6, 6.07) is 0.429. The third kappa shape index (κ3) is 3.32. The molecule has 0 aromatic heterocycles. The summed E-state index contributed by atoms with van der Waals surface area (Å²) in [5, 5.41) is 14.5. The molecule has 76 valence electrons. The highest BCUT2D eigenvalue weighted by atomic mass is 16.3. The minimum Gasteiger partial charge on any atom is -0.395 e. The molecule has 1 fully saturated rings. The highest BCUT2D eigenvalue weighted by Crippen LogP contribution is 2.15. The van der Waals surface area contributed by atoms with Crippen molar-refractivity contribution in [1.29, 1.82) is 0 Å². The van der Waals surface area contributed by atoms with Crippen LogP contribution in [0.2, 0.25) is 0 Å². The predicted molar refractivity (Wildman–Crippen MR) is 50.3 cm³/mol. The number of hydrogen-bond donors (Lipinski definition) is 3. The van der Waals surface area contributed by atoms with Crippen LogP contribution in [0.4, 0.5) is 0 Å². The molecule has 0 radical (unpaired) electrons. The SMILES string of the molecule is CC1CC(C(=O)NCCO)CCN1. The summed E-state index contributed by atoms with van der Waals surface area (Å²) in [4.78, 5) is 11.5. The second kappa shape index (κ2) is 5.19. The fraction of sp³-hybridized carbons (Fsp3) is 0.889. The van der Waals surface area contributed by atoms with Gasteiger partial charge in [-0.2, -0.15) is 0 Å². The number of amides is 1. The number of rotatable bonds is 3. The molecule has 1 saturated heterocycles. The fourth-order valence-corrected chi connectivity index (χ4v) is 1.69. The van der Waals surface area contributed by atoms with Gasteiger partial charge in [-0.05, 0) is 26.3 Å². The highest BCUT2D eigenvalue weighted by molar-refractivity contribution is 5.78. The molecule has 4 nitrogen and oxygen atoms in total. The van der Waals surface area contributed by atoms with Crippen LogP contribution in [-0.2, 0) is 4.79 Å². The third-order valence-corrected chi connectivity index (χ3v) is 2.41. The molecule has 0 aromatic carbocycles. The Labute approximate surface area is 78.7 Å². The van der Waals surface area contributed by atoms with E-state index in [1.165, 1.54) is 0 Å². The molecule has 3 N–H and O–H groups in total. The van der Waals surface area contributed by atoms with E-state index in [0.717, 1.165) is 19.4 Å². The molecule has 0 bridgehead atoms. The van der Waals surface area contributed by atoms with E-state index in [1.54, 1.807) is 0 Å². The van der Waals surface area contributed by atoms with Crippen LogP contribution in [-0.4, -0.2) is 36.8 Å². The van der Waals surface area contributed by atoms with Gasteiger partial charge in [0, 0.05) is 18.5 Å². The van der Waals surface area contributed by atoms with E-state index < -0.39 is 0 Å². The minimum absolute atomic E-state index is 0.0201. The van der Waals surface area contributed by atoms with Crippen LogP contribution in [0.25, 0.3) is 0 Å². The van der Waals surface area contributed by atoms with E-state index in [2.05, 4.69) is 17.6 Å². The van der Waals surface area contributed by atoms with Crippen molar-refractivity contribution in [3.05, 3.63) is 0 Å². The standard InChI is InChI=1S/C9H18N2O2/c1-7-6-8(2-3-10-7)9(13)11-4-5-12/h7-8,10,12H,2-6H2,1H3,(H,11,13). The van der Waals surface area contributed by atoms with Crippen molar-refractivity contribution in [3.8, 4) is 0 Å². The zero-order chi connectivity index (χ0) is 9.68. The molecule has 0 aliphatic carbocycles. The average Bonchev–Trinajstić information content (AvgIpc) is 2.14. The molecule has 2 unspecified atom stereocenters. The minimum atomic E-state index is 0.0201. The zero-order valence-corrected chi connectivity index (χ0v) is 8.05. The predicted octanol–water partition coefficient (Wildman–Crippen LogP) is -0.517. The van der Waals surface area contributed by atoms with Crippen molar-refractivity contribution < 1.29 is 9.90 Å². The number of carbonyl (C=O) groups excluding carboxylic acids is 1. The van der Waals surface area contributed by atoms with Gasteiger partial charge in [0.2, 0.25) is 5.91 Å². The molecule has 1 aliphatic heterocycles. The van der Waals surface area contributed by atoms with E-state index in [1.807, 2.05) is 0 Å². The number of piperidine rings is 1. The first-order valence-corrected chi connectivity index (χ1v) is 4.86. The van der Waals surface area contributed by atoms with Crippen LogP contribution >= 0.6 is 0 Å². The third-order valence-electron chi connectivity index (χ3n) is 2.41. The lowest BCUT2D eigenvalue weighted by atomic mass is 9.92. The van der Waals surface area contributed by atoms with Gasteiger partial charge in [-0.1, -0.05) is 0 Å². The lowest BCUT2D eigenvalue weighted by Gasteiger charge is -2.26. The Kier molecular flexibility index (Phi) is 4.18. The van der Waals surface area contributed by atoms with Gasteiger partial charge >= 0.3 is 0 Å². The van der Waals surface area contributed by atoms with Gasteiger partial charge in [0.25, 0.3) is 0 Å². The molecule has 1 aliphatic rings. The number of nitrogens with one attached hydrogen (secondary N) is 2. The van der Waals surface area contributed by atoms with Crippen molar-refractivity contribution in [2.24, 2.45) is 5.92 Å². The molecule has 1 rings (SSSR count). The van der Waals surface area contributed by atoms with Crippen LogP contribution in [0, 0.1) is 5.92 Å². The largest absolute Gasteiger partial charge is 0.395 e. The van der Waals surface area contributed by atoms with Gasteiger partial charge < -0.3 is 15.7 Å². The summed E-state index contributed by atoms with van der Waals surface area (Å²) in [5.74, 6) is 0.213. The smallest absolute Gasteiger partial charge is 0.223 e. The molecule has 2 atom stereocenters. The van der Waals surface area contributed by atoms with Crippen LogP contribution in [0.5, 0.6) is 0 Å².